The monoisotopic (exact) mass is 395 g/mol. The van der Waals surface area contributed by atoms with E-state index in [1.165, 1.54) is 13.2 Å². The molecule has 0 bridgehead atoms. The second-order valence-corrected chi connectivity index (χ2v) is 6.86. The van der Waals surface area contributed by atoms with Crippen LogP contribution in [0, 0.1) is 0 Å². The molecule has 0 atom stereocenters. The number of benzene rings is 1. The number of methoxy groups -OCH3 is 1. The van der Waals surface area contributed by atoms with E-state index in [1.54, 1.807) is 24.1 Å². The second kappa shape index (κ2) is 9.40. The molecule has 2 rings (SSSR count). The first-order valence-corrected chi connectivity index (χ1v) is 9.02. The minimum Gasteiger partial charge on any atom is -0.469 e. The van der Waals surface area contributed by atoms with Gasteiger partial charge in [-0.3, -0.25) is 14.4 Å². The third-order valence-corrected chi connectivity index (χ3v) is 4.53. The summed E-state index contributed by atoms with van der Waals surface area (Å²) in [6.07, 6.45) is -0.0988. The molecule has 0 aliphatic heterocycles. The first-order valence-electron chi connectivity index (χ1n) is 7.65. The van der Waals surface area contributed by atoms with Crippen molar-refractivity contribution in [2.75, 3.05) is 19.9 Å². The van der Waals surface area contributed by atoms with Gasteiger partial charge in [-0.2, -0.15) is 0 Å². The standard InChI is InChI=1S/C17H18ClN3O4S/c1-21(9-11-3-5-12(18)6-4-11)15(23)10-26-17-19-13(7-14(22)20-17)8-16(24)25-2/h3-7H,8-10H2,1-2H3,(H,19,20,22). The Morgan fingerprint density at radius 1 is 1.31 bits per heavy atom. The number of H-pyrrole nitrogens is 1. The number of aromatic amines is 1. The van der Waals surface area contributed by atoms with Gasteiger partial charge < -0.3 is 14.6 Å². The number of halogens is 1. The molecule has 0 saturated carbocycles. The number of carbonyl (C=O) groups is 2. The molecule has 9 heteroatoms. The van der Waals surface area contributed by atoms with Crippen LogP contribution in [-0.2, 0) is 27.3 Å². The Morgan fingerprint density at radius 2 is 2.00 bits per heavy atom. The molecule has 1 heterocycles. The Balaban J connectivity index is 1.94. The van der Waals surface area contributed by atoms with Gasteiger partial charge in [0.2, 0.25) is 5.91 Å². The molecule has 138 valence electrons. The van der Waals surface area contributed by atoms with Crippen LogP contribution >= 0.6 is 23.4 Å². The second-order valence-electron chi connectivity index (χ2n) is 5.46. The van der Waals surface area contributed by atoms with Crippen molar-refractivity contribution in [3.05, 3.63) is 57.0 Å². The topological polar surface area (TPSA) is 92.4 Å². The Morgan fingerprint density at radius 3 is 2.65 bits per heavy atom. The average Bonchev–Trinajstić information content (AvgIpc) is 2.61. The molecule has 26 heavy (non-hydrogen) atoms. The van der Waals surface area contributed by atoms with Gasteiger partial charge in [0.05, 0.1) is 25.0 Å². The fraction of sp³-hybridized carbons (Fsp3) is 0.294. The summed E-state index contributed by atoms with van der Waals surface area (Å²) in [5.41, 5.74) is 0.871. The van der Waals surface area contributed by atoms with Crippen LogP contribution in [0.25, 0.3) is 0 Å². The summed E-state index contributed by atoms with van der Waals surface area (Å²) in [6.45, 7) is 0.447. The highest BCUT2D eigenvalue weighted by Crippen LogP contribution is 2.14. The number of nitrogens with one attached hydrogen (secondary N) is 1. The highest BCUT2D eigenvalue weighted by atomic mass is 35.5. The normalized spacial score (nSPS) is 10.4. The zero-order valence-electron chi connectivity index (χ0n) is 14.3. The Labute approximate surface area is 159 Å². The van der Waals surface area contributed by atoms with Crippen molar-refractivity contribution in [2.24, 2.45) is 0 Å². The van der Waals surface area contributed by atoms with Gasteiger partial charge in [0.1, 0.15) is 0 Å². The number of hydrogen-bond donors (Lipinski definition) is 1. The lowest BCUT2D eigenvalue weighted by atomic mass is 10.2. The highest BCUT2D eigenvalue weighted by Gasteiger charge is 2.12. The Bertz CT molecular complexity index is 839. The zero-order chi connectivity index (χ0) is 19.1. The molecule has 0 unspecified atom stereocenters. The first kappa shape index (κ1) is 20.0. The van der Waals surface area contributed by atoms with Gasteiger partial charge in [0.15, 0.2) is 5.16 Å². The Kier molecular flexibility index (Phi) is 7.23. The maximum Gasteiger partial charge on any atom is 0.311 e. The maximum absolute atomic E-state index is 12.3. The molecular weight excluding hydrogens is 378 g/mol. The van der Waals surface area contributed by atoms with Crippen LogP contribution in [0.4, 0.5) is 0 Å². The molecule has 1 aromatic heterocycles. The number of carbonyl (C=O) groups excluding carboxylic acids is 2. The van der Waals surface area contributed by atoms with Crippen molar-refractivity contribution in [2.45, 2.75) is 18.1 Å². The molecular formula is C17H18ClN3O4S. The summed E-state index contributed by atoms with van der Waals surface area (Å²) in [5.74, 6) is -0.502. The predicted molar refractivity (Wildman–Crippen MR) is 99.2 cm³/mol. The maximum atomic E-state index is 12.3. The van der Waals surface area contributed by atoms with Crippen LogP contribution < -0.4 is 5.56 Å². The van der Waals surface area contributed by atoms with E-state index in [-0.39, 0.29) is 28.8 Å². The largest absolute Gasteiger partial charge is 0.469 e. The van der Waals surface area contributed by atoms with Crippen molar-refractivity contribution in [3.8, 4) is 0 Å². The van der Waals surface area contributed by atoms with Crippen molar-refractivity contribution >= 4 is 35.2 Å². The van der Waals surface area contributed by atoms with E-state index in [0.717, 1.165) is 17.3 Å². The number of aromatic nitrogens is 2. The molecule has 7 nitrogen and oxygen atoms in total. The van der Waals surface area contributed by atoms with Crippen molar-refractivity contribution in [1.82, 2.24) is 14.9 Å². The van der Waals surface area contributed by atoms with Crippen LogP contribution in [-0.4, -0.2) is 46.7 Å². The number of thioether (sulfide) groups is 1. The average molecular weight is 396 g/mol. The molecule has 1 aromatic carbocycles. The van der Waals surface area contributed by atoms with E-state index in [2.05, 4.69) is 14.7 Å². The lowest BCUT2D eigenvalue weighted by Crippen LogP contribution is -2.28. The van der Waals surface area contributed by atoms with Gasteiger partial charge >= 0.3 is 5.97 Å². The summed E-state index contributed by atoms with van der Waals surface area (Å²) in [5, 5.41) is 0.921. The number of ether oxygens (including phenoxy) is 1. The fourth-order valence-corrected chi connectivity index (χ4v) is 3.02. The van der Waals surface area contributed by atoms with Crippen molar-refractivity contribution in [1.29, 1.82) is 0 Å². The minimum absolute atomic E-state index is 0.0988. The van der Waals surface area contributed by atoms with Crippen molar-refractivity contribution < 1.29 is 14.3 Å². The van der Waals surface area contributed by atoms with Crippen LogP contribution in [0.1, 0.15) is 11.3 Å². The molecule has 1 N–H and O–H groups in total. The van der Waals surface area contributed by atoms with E-state index >= 15 is 0 Å². The molecule has 0 saturated heterocycles. The SMILES string of the molecule is COC(=O)Cc1cc(=O)[nH]c(SCC(=O)N(C)Cc2ccc(Cl)cc2)n1. The summed E-state index contributed by atoms with van der Waals surface area (Å²) in [4.78, 5) is 43.5. The van der Waals surface area contributed by atoms with Gasteiger partial charge in [-0.15, -0.1) is 0 Å². The van der Waals surface area contributed by atoms with Gasteiger partial charge in [-0.1, -0.05) is 35.5 Å². The molecule has 0 spiro atoms. The first-order chi connectivity index (χ1) is 12.4. The van der Waals surface area contributed by atoms with E-state index in [0.29, 0.717) is 17.3 Å². The molecule has 1 amide bonds. The number of nitrogens with zero attached hydrogens (tertiary/aromatic N) is 2. The van der Waals surface area contributed by atoms with Crippen LogP contribution in [0.2, 0.25) is 5.02 Å². The molecule has 0 fully saturated rings. The summed E-state index contributed by atoms with van der Waals surface area (Å²) >= 11 is 6.95. The van der Waals surface area contributed by atoms with Gasteiger partial charge in [-0.05, 0) is 17.7 Å². The van der Waals surface area contributed by atoms with Crippen molar-refractivity contribution in [3.63, 3.8) is 0 Å². The third-order valence-electron chi connectivity index (χ3n) is 3.42. The lowest BCUT2D eigenvalue weighted by Gasteiger charge is -2.17. The predicted octanol–water partition coefficient (Wildman–Crippen LogP) is 1.89. The molecule has 0 aliphatic rings. The van der Waals surface area contributed by atoms with E-state index in [4.69, 9.17) is 11.6 Å². The lowest BCUT2D eigenvalue weighted by molar-refractivity contribution is -0.139. The van der Waals surface area contributed by atoms with E-state index < -0.39 is 5.97 Å². The number of hydrogen-bond acceptors (Lipinski definition) is 6. The molecule has 0 aliphatic carbocycles. The summed E-state index contributed by atoms with van der Waals surface area (Å²) in [7, 11) is 2.96. The Hall–Kier alpha value is -2.32. The van der Waals surface area contributed by atoms with Crippen LogP contribution in [0.15, 0.2) is 40.3 Å². The summed E-state index contributed by atoms with van der Waals surface area (Å²) in [6, 6.07) is 8.48. The third kappa shape index (κ3) is 6.20. The molecule has 2 aromatic rings. The minimum atomic E-state index is -0.488. The summed E-state index contributed by atoms with van der Waals surface area (Å²) < 4.78 is 4.56. The van der Waals surface area contributed by atoms with E-state index in [1.807, 2.05) is 12.1 Å². The van der Waals surface area contributed by atoms with Crippen LogP contribution in [0.5, 0.6) is 0 Å². The van der Waals surface area contributed by atoms with Crippen LogP contribution in [0.3, 0.4) is 0 Å². The van der Waals surface area contributed by atoms with E-state index in [9.17, 15) is 14.4 Å². The number of esters is 1. The smallest absolute Gasteiger partial charge is 0.311 e. The zero-order valence-corrected chi connectivity index (χ0v) is 15.9. The fourth-order valence-electron chi connectivity index (χ4n) is 2.05. The van der Waals surface area contributed by atoms with Gasteiger partial charge in [0, 0.05) is 24.7 Å². The highest BCUT2D eigenvalue weighted by molar-refractivity contribution is 7.99. The number of amides is 1. The molecule has 0 radical (unpaired) electrons. The quantitative estimate of drug-likeness (QED) is 0.437. The van der Waals surface area contributed by atoms with Gasteiger partial charge in [-0.25, -0.2) is 4.98 Å². The number of rotatable bonds is 7. The van der Waals surface area contributed by atoms with Gasteiger partial charge in [0.25, 0.3) is 5.56 Å².